The van der Waals surface area contributed by atoms with E-state index in [1.165, 1.54) is 6.42 Å². The van der Waals surface area contributed by atoms with Gasteiger partial charge in [-0.25, -0.2) is 0 Å². The van der Waals surface area contributed by atoms with Crippen LogP contribution in [0, 0.1) is 5.92 Å². The molecule has 0 spiro atoms. The van der Waals surface area contributed by atoms with Gasteiger partial charge >= 0.3 is 0 Å². The summed E-state index contributed by atoms with van der Waals surface area (Å²) >= 11 is 0. The zero-order valence-electron chi connectivity index (χ0n) is 8.03. The fraction of sp³-hybridized carbons (Fsp3) is 0.778. The van der Waals surface area contributed by atoms with Gasteiger partial charge in [-0.3, -0.25) is 4.68 Å². The quantitative estimate of drug-likeness (QED) is 0.734. The standard InChI is InChI=1S/C9H16N4/c1-2-9-7-13(12-11-9)6-8-3-4-10-5-8/h7-8,10H,2-6H2,1H3. The number of nitrogens with zero attached hydrogens (tertiary/aromatic N) is 3. The van der Waals surface area contributed by atoms with Gasteiger partial charge in [0.1, 0.15) is 0 Å². The van der Waals surface area contributed by atoms with Gasteiger partial charge in [0.25, 0.3) is 0 Å². The van der Waals surface area contributed by atoms with Crippen LogP contribution >= 0.6 is 0 Å². The van der Waals surface area contributed by atoms with Crippen LogP contribution in [0.15, 0.2) is 6.20 Å². The summed E-state index contributed by atoms with van der Waals surface area (Å²) in [4.78, 5) is 0. The monoisotopic (exact) mass is 180 g/mol. The molecule has 0 radical (unpaired) electrons. The van der Waals surface area contributed by atoms with Gasteiger partial charge < -0.3 is 5.32 Å². The molecule has 2 heterocycles. The summed E-state index contributed by atoms with van der Waals surface area (Å²) in [6.45, 7) is 5.40. The van der Waals surface area contributed by atoms with Crippen molar-refractivity contribution in [2.75, 3.05) is 13.1 Å². The fourth-order valence-corrected chi connectivity index (χ4v) is 1.72. The van der Waals surface area contributed by atoms with Crippen LogP contribution in [0.25, 0.3) is 0 Å². The third-order valence-electron chi connectivity index (χ3n) is 2.56. The molecule has 1 atom stereocenters. The maximum Gasteiger partial charge on any atom is 0.0824 e. The Kier molecular flexibility index (Phi) is 2.59. The third kappa shape index (κ3) is 2.06. The molecule has 1 N–H and O–H groups in total. The van der Waals surface area contributed by atoms with Gasteiger partial charge in [0.15, 0.2) is 0 Å². The van der Waals surface area contributed by atoms with Crippen LogP contribution < -0.4 is 5.32 Å². The van der Waals surface area contributed by atoms with Gasteiger partial charge in [0, 0.05) is 12.7 Å². The number of hydrogen-bond donors (Lipinski definition) is 1. The van der Waals surface area contributed by atoms with E-state index >= 15 is 0 Å². The van der Waals surface area contributed by atoms with Crippen LogP contribution in [-0.2, 0) is 13.0 Å². The van der Waals surface area contributed by atoms with Crippen molar-refractivity contribution in [3.63, 3.8) is 0 Å². The number of nitrogens with one attached hydrogen (secondary N) is 1. The minimum absolute atomic E-state index is 0.742. The van der Waals surface area contributed by atoms with E-state index < -0.39 is 0 Å². The molecule has 0 bridgehead atoms. The highest BCUT2D eigenvalue weighted by molar-refractivity contribution is 4.91. The molecule has 1 aromatic rings. The Hall–Kier alpha value is -0.900. The average molecular weight is 180 g/mol. The number of aromatic nitrogens is 3. The first-order valence-corrected chi connectivity index (χ1v) is 4.98. The third-order valence-corrected chi connectivity index (χ3v) is 2.56. The van der Waals surface area contributed by atoms with E-state index in [0.29, 0.717) is 0 Å². The van der Waals surface area contributed by atoms with E-state index in [-0.39, 0.29) is 0 Å². The van der Waals surface area contributed by atoms with Crippen LogP contribution in [0.5, 0.6) is 0 Å². The van der Waals surface area contributed by atoms with Gasteiger partial charge in [-0.2, -0.15) is 0 Å². The summed E-state index contributed by atoms with van der Waals surface area (Å²) in [7, 11) is 0. The zero-order chi connectivity index (χ0) is 9.10. The summed E-state index contributed by atoms with van der Waals surface area (Å²) in [5, 5.41) is 11.5. The molecule has 1 unspecified atom stereocenters. The lowest BCUT2D eigenvalue weighted by atomic mass is 10.1. The highest BCUT2D eigenvalue weighted by atomic mass is 15.4. The van der Waals surface area contributed by atoms with Gasteiger partial charge in [0.2, 0.25) is 0 Å². The van der Waals surface area contributed by atoms with Crippen molar-refractivity contribution in [3.05, 3.63) is 11.9 Å². The second-order valence-corrected chi connectivity index (χ2v) is 3.64. The van der Waals surface area contributed by atoms with Crippen molar-refractivity contribution < 1.29 is 0 Å². The van der Waals surface area contributed by atoms with E-state index in [2.05, 4.69) is 28.7 Å². The minimum atomic E-state index is 0.742. The molecule has 1 fully saturated rings. The highest BCUT2D eigenvalue weighted by Gasteiger charge is 2.15. The van der Waals surface area contributed by atoms with Crippen molar-refractivity contribution in [3.8, 4) is 0 Å². The maximum absolute atomic E-state index is 4.09. The van der Waals surface area contributed by atoms with Crippen LogP contribution in [0.1, 0.15) is 19.0 Å². The molecule has 0 aromatic carbocycles. The molecule has 4 heteroatoms. The largest absolute Gasteiger partial charge is 0.316 e. The summed E-state index contributed by atoms with van der Waals surface area (Å²) in [6.07, 6.45) is 4.29. The minimum Gasteiger partial charge on any atom is -0.316 e. The Balaban J connectivity index is 1.92. The van der Waals surface area contributed by atoms with Crippen LogP contribution in [-0.4, -0.2) is 28.1 Å². The Morgan fingerprint density at radius 3 is 3.23 bits per heavy atom. The fourth-order valence-electron chi connectivity index (χ4n) is 1.72. The van der Waals surface area contributed by atoms with Gasteiger partial charge in [0.05, 0.1) is 5.69 Å². The first kappa shape index (κ1) is 8.69. The molecule has 0 aliphatic carbocycles. The second-order valence-electron chi connectivity index (χ2n) is 3.64. The van der Waals surface area contributed by atoms with E-state index in [1.807, 2.05) is 4.68 Å². The van der Waals surface area contributed by atoms with Crippen LogP contribution in [0.4, 0.5) is 0 Å². The Bertz CT molecular complexity index is 262. The van der Waals surface area contributed by atoms with E-state index in [0.717, 1.165) is 37.7 Å². The van der Waals surface area contributed by atoms with E-state index in [4.69, 9.17) is 0 Å². The molecule has 0 amide bonds. The first-order valence-electron chi connectivity index (χ1n) is 4.98. The molecule has 4 nitrogen and oxygen atoms in total. The average Bonchev–Trinajstić information content (AvgIpc) is 2.76. The molecule has 2 rings (SSSR count). The molecule has 72 valence electrons. The van der Waals surface area contributed by atoms with E-state index in [1.54, 1.807) is 0 Å². The predicted octanol–water partition coefficient (Wildman–Crippen LogP) is 0.450. The number of rotatable bonds is 3. The van der Waals surface area contributed by atoms with Crippen molar-refractivity contribution in [1.82, 2.24) is 20.3 Å². The molecule has 13 heavy (non-hydrogen) atoms. The van der Waals surface area contributed by atoms with Crippen LogP contribution in [0.3, 0.4) is 0 Å². The normalized spacial score (nSPS) is 22.4. The molecule has 0 saturated carbocycles. The van der Waals surface area contributed by atoms with Crippen molar-refractivity contribution in [2.45, 2.75) is 26.3 Å². The Morgan fingerprint density at radius 1 is 1.69 bits per heavy atom. The van der Waals surface area contributed by atoms with Crippen molar-refractivity contribution >= 4 is 0 Å². The smallest absolute Gasteiger partial charge is 0.0824 e. The second kappa shape index (κ2) is 3.87. The molecular formula is C9H16N4. The SMILES string of the molecule is CCc1cn(CC2CCNC2)nn1. The van der Waals surface area contributed by atoms with Gasteiger partial charge in [-0.05, 0) is 31.8 Å². The predicted molar refractivity (Wildman–Crippen MR) is 50.4 cm³/mol. The zero-order valence-corrected chi connectivity index (χ0v) is 8.03. The summed E-state index contributed by atoms with van der Waals surface area (Å²) < 4.78 is 1.97. The summed E-state index contributed by atoms with van der Waals surface area (Å²) in [6, 6.07) is 0. The Labute approximate surface area is 78.3 Å². The van der Waals surface area contributed by atoms with Gasteiger partial charge in [-0.1, -0.05) is 12.1 Å². The topological polar surface area (TPSA) is 42.7 Å². The van der Waals surface area contributed by atoms with Crippen LogP contribution in [0.2, 0.25) is 0 Å². The van der Waals surface area contributed by atoms with Crippen molar-refractivity contribution in [1.29, 1.82) is 0 Å². The van der Waals surface area contributed by atoms with E-state index in [9.17, 15) is 0 Å². The summed E-state index contributed by atoms with van der Waals surface area (Å²) in [5.74, 6) is 0.742. The number of aryl methyl sites for hydroxylation is 1. The molecule has 1 aliphatic rings. The molecular weight excluding hydrogens is 164 g/mol. The van der Waals surface area contributed by atoms with Crippen molar-refractivity contribution in [2.24, 2.45) is 5.92 Å². The lowest BCUT2D eigenvalue weighted by Crippen LogP contribution is -2.14. The lowest BCUT2D eigenvalue weighted by molar-refractivity contribution is 0.441. The maximum atomic E-state index is 4.09. The molecule has 1 saturated heterocycles. The highest BCUT2D eigenvalue weighted by Crippen LogP contribution is 2.09. The molecule has 1 aromatic heterocycles. The first-order chi connectivity index (χ1) is 6.38. The lowest BCUT2D eigenvalue weighted by Gasteiger charge is -2.06. The molecule has 1 aliphatic heterocycles. The van der Waals surface area contributed by atoms with Gasteiger partial charge in [-0.15, -0.1) is 5.10 Å². The number of hydrogen-bond acceptors (Lipinski definition) is 3. The summed E-state index contributed by atoms with van der Waals surface area (Å²) in [5.41, 5.74) is 1.09. The Morgan fingerprint density at radius 2 is 2.62 bits per heavy atom.